The quantitative estimate of drug-likeness (QED) is 0.0767. The number of benzene rings is 1. The van der Waals surface area contributed by atoms with Crippen LogP contribution >= 0.6 is 0 Å². The van der Waals surface area contributed by atoms with Crippen LogP contribution in [0.4, 0.5) is 4.79 Å². The van der Waals surface area contributed by atoms with E-state index in [1.54, 1.807) is 106 Å². The topological polar surface area (TPSA) is 242 Å². The van der Waals surface area contributed by atoms with Gasteiger partial charge in [-0.3, -0.25) is 43.8 Å². The molecule has 318 valence electrons. The number of carbonyl (C=O) groups excluding carboxylic acids is 9. The van der Waals surface area contributed by atoms with Gasteiger partial charge in [0.1, 0.15) is 48.1 Å². The summed E-state index contributed by atoms with van der Waals surface area (Å²) in [5.74, 6) is -8.50. The third-order valence-electron chi connectivity index (χ3n) is 7.05. The van der Waals surface area contributed by atoms with Crippen molar-refractivity contribution < 1.29 is 62.1 Å². The van der Waals surface area contributed by atoms with Gasteiger partial charge in [-0.1, -0.05) is 44.2 Å². The van der Waals surface area contributed by atoms with E-state index in [4.69, 9.17) is 18.9 Å². The second-order valence-electron chi connectivity index (χ2n) is 16.5. The number of amides is 5. The molecule has 0 aromatic heterocycles. The molecule has 18 heteroatoms. The number of esters is 3. The van der Waals surface area contributed by atoms with Crippen molar-refractivity contribution in [2.45, 2.75) is 144 Å². The van der Waals surface area contributed by atoms with Crippen LogP contribution in [0, 0.1) is 5.92 Å². The number of nitrogens with one attached hydrogen (secondary N) is 4. The summed E-state index contributed by atoms with van der Waals surface area (Å²) < 4.78 is 21.2. The number of ether oxygens (including phenoxy) is 4. The second-order valence-corrected chi connectivity index (χ2v) is 16.5. The zero-order valence-corrected chi connectivity index (χ0v) is 35.0. The van der Waals surface area contributed by atoms with Gasteiger partial charge in [-0.15, -0.1) is 0 Å². The van der Waals surface area contributed by atoms with Crippen LogP contribution in [0.5, 0.6) is 0 Å². The van der Waals surface area contributed by atoms with Crippen molar-refractivity contribution in [2.75, 3.05) is 6.54 Å². The molecule has 4 N–H and O–H groups in total. The van der Waals surface area contributed by atoms with E-state index in [9.17, 15) is 43.2 Å². The van der Waals surface area contributed by atoms with E-state index in [2.05, 4.69) is 21.4 Å². The van der Waals surface area contributed by atoms with Gasteiger partial charge in [0.25, 0.3) is 5.91 Å². The Morgan fingerprint density at radius 3 is 1.67 bits per heavy atom. The Kier molecular flexibility index (Phi) is 18.8. The number of nitrogens with zero attached hydrogens (tertiary/aromatic N) is 1. The molecule has 0 radical (unpaired) electrons. The van der Waals surface area contributed by atoms with Crippen molar-refractivity contribution in [2.24, 2.45) is 5.92 Å². The smallest absolute Gasteiger partial charge is 0.408 e. The Bertz CT molecular complexity index is 1610. The van der Waals surface area contributed by atoms with Crippen LogP contribution in [0.2, 0.25) is 0 Å². The number of hydrazine groups is 1. The summed E-state index contributed by atoms with van der Waals surface area (Å²) in [6, 6.07) is 4.00. The van der Waals surface area contributed by atoms with E-state index in [0.717, 1.165) is 6.92 Å². The maximum atomic E-state index is 13.9. The van der Waals surface area contributed by atoms with E-state index >= 15 is 0 Å². The number of hydrogen-bond acceptors (Lipinski definition) is 13. The fourth-order valence-corrected chi connectivity index (χ4v) is 4.71. The van der Waals surface area contributed by atoms with Crippen LogP contribution in [0.15, 0.2) is 30.3 Å². The van der Waals surface area contributed by atoms with Crippen molar-refractivity contribution in [1.82, 2.24) is 26.4 Å². The molecule has 0 unspecified atom stereocenters. The summed E-state index contributed by atoms with van der Waals surface area (Å²) in [4.78, 5) is 117. The summed E-state index contributed by atoms with van der Waals surface area (Å²) in [6.45, 7) is 17.5. The van der Waals surface area contributed by atoms with E-state index in [0.29, 0.717) is 10.6 Å². The molecule has 0 aliphatic carbocycles. The minimum Gasteiger partial charge on any atom is -0.460 e. The molecule has 0 aliphatic rings. The molecular weight excluding hydrogens is 746 g/mol. The minimum atomic E-state index is -1.64. The van der Waals surface area contributed by atoms with Crippen molar-refractivity contribution in [3.63, 3.8) is 0 Å². The molecule has 18 nitrogen and oxygen atoms in total. The zero-order valence-electron chi connectivity index (χ0n) is 35.0. The van der Waals surface area contributed by atoms with Crippen LogP contribution < -0.4 is 21.4 Å². The third kappa shape index (κ3) is 20.8. The molecule has 1 rings (SSSR count). The monoisotopic (exact) mass is 805 g/mol. The van der Waals surface area contributed by atoms with Gasteiger partial charge in [0.2, 0.25) is 17.6 Å². The van der Waals surface area contributed by atoms with E-state index in [1.165, 1.54) is 0 Å². The van der Waals surface area contributed by atoms with Crippen molar-refractivity contribution in [1.29, 1.82) is 0 Å². The number of ketones is 1. The standard InChI is InChI=1S/C39H59N5O13/c1-23(2)31(34(51)43-44(35(52)24(3)45)21-30(48)57-39(10,11)12)42-32(49)26(18-19-28(46)55-37(4,5)6)40-33(50)27(20-29(47)56-38(7,8)9)41-36(53)54-22-25-16-14-13-15-17-25/h13-17,23,26-27,31H,18-22H2,1-12H3,(H,40,50)(H,41,53)(H,42,49)(H,43,51)/t26-,27-,31-/m0/s1. The molecule has 0 bridgehead atoms. The Balaban J connectivity index is 3.43. The number of alkyl carbamates (subject to hydrolysis) is 1. The predicted octanol–water partition coefficient (Wildman–Crippen LogP) is 2.55. The molecule has 0 saturated carbocycles. The lowest BCUT2D eigenvalue weighted by Crippen LogP contribution is -2.61. The Morgan fingerprint density at radius 1 is 0.649 bits per heavy atom. The first kappa shape index (κ1) is 49.5. The molecule has 1 aromatic rings. The highest BCUT2D eigenvalue weighted by Crippen LogP contribution is 2.14. The highest BCUT2D eigenvalue weighted by Gasteiger charge is 2.35. The van der Waals surface area contributed by atoms with Gasteiger partial charge in [-0.2, -0.15) is 0 Å². The first-order valence-corrected chi connectivity index (χ1v) is 18.4. The molecular formula is C39H59N5O13. The highest BCUT2D eigenvalue weighted by molar-refractivity contribution is 6.35. The Morgan fingerprint density at radius 2 is 1.16 bits per heavy atom. The number of hydrogen-bond donors (Lipinski definition) is 4. The van der Waals surface area contributed by atoms with Crippen molar-refractivity contribution >= 4 is 53.4 Å². The Hall–Kier alpha value is -5.55. The first-order valence-electron chi connectivity index (χ1n) is 18.4. The van der Waals surface area contributed by atoms with Gasteiger partial charge < -0.3 is 34.9 Å². The summed E-state index contributed by atoms with van der Waals surface area (Å²) in [5.41, 5.74) is 0.0431. The Labute approximate surface area is 333 Å². The van der Waals surface area contributed by atoms with Gasteiger partial charge in [-0.05, 0) is 80.2 Å². The van der Waals surface area contributed by atoms with E-state index in [-0.39, 0.29) is 13.0 Å². The third-order valence-corrected chi connectivity index (χ3v) is 7.05. The van der Waals surface area contributed by atoms with Gasteiger partial charge >= 0.3 is 29.9 Å². The number of Topliss-reactive ketones (excluding diaryl/α,β-unsaturated/α-hetero) is 1. The SMILES string of the molecule is CC(=O)C(=O)N(CC(=O)OC(C)(C)C)NC(=O)[C@@H](NC(=O)[C@H](CCC(=O)OC(C)(C)C)NC(=O)[C@H](CC(=O)OC(C)(C)C)NC(=O)OCc1ccccc1)C(C)C. The van der Waals surface area contributed by atoms with E-state index in [1.807, 2.05) is 0 Å². The summed E-state index contributed by atoms with van der Waals surface area (Å²) in [7, 11) is 0. The maximum Gasteiger partial charge on any atom is 0.408 e. The fraction of sp³-hybridized carbons (Fsp3) is 0.615. The molecule has 0 saturated heterocycles. The zero-order chi connectivity index (χ0) is 43.9. The predicted molar refractivity (Wildman–Crippen MR) is 204 cm³/mol. The first-order chi connectivity index (χ1) is 26.1. The molecule has 0 spiro atoms. The maximum absolute atomic E-state index is 13.9. The van der Waals surface area contributed by atoms with Crippen LogP contribution in [-0.4, -0.2) is 99.9 Å². The average Bonchev–Trinajstić information content (AvgIpc) is 3.04. The van der Waals surface area contributed by atoms with Crippen LogP contribution in [0.1, 0.15) is 108 Å². The minimum absolute atomic E-state index is 0.166. The molecule has 3 atom stereocenters. The fourth-order valence-electron chi connectivity index (χ4n) is 4.71. The largest absolute Gasteiger partial charge is 0.460 e. The summed E-state index contributed by atoms with van der Waals surface area (Å²) >= 11 is 0. The van der Waals surface area contributed by atoms with Gasteiger partial charge in [0.15, 0.2) is 0 Å². The van der Waals surface area contributed by atoms with Gasteiger partial charge in [-0.25, -0.2) is 9.80 Å². The van der Waals surface area contributed by atoms with Crippen LogP contribution in [0.3, 0.4) is 0 Å². The average molecular weight is 806 g/mol. The molecule has 0 heterocycles. The number of rotatable bonds is 17. The molecule has 0 fully saturated rings. The summed E-state index contributed by atoms with van der Waals surface area (Å²) in [6.07, 6.45) is -2.51. The molecule has 5 amide bonds. The number of carbonyl (C=O) groups is 9. The molecule has 57 heavy (non-hydrogen) atoms. The second kappa shape index (κ2) is 21.7. The van der Waals surface area contributed by atoms with E-state index < -0.39 is 114 Å². The molecule has 0 aliphatic heterocycles. The lowest BCUT2D eigenvalue weighted by atomic mass is 10.0. The summed E-state index contributed by atoms with van der Waals surface area (Å²) in [5, 5.41) is 7.73. The lowest BCUT2D eigenvalue weighted by Gasteiger charge is -2.29. The van der Waals surface area contributed by atoms with Crippen molar-refractivity contribution in [3.05, 3.63) is 35.9 Å². The van der Waals surface area contributed by atoms with Gasteiger partial charge in [0, 0.05) is 13.3 Å². The molecule has 1 aromatic carbocycles. The van der Waals surface area contributed by atoms with Gasteiger partial charge in [0.05, 0.1) is 6.42 Å². The van der Waals surface area contributed by atoms with Crippen LogP contribution in [0.25, 0.3) is 0 Å². The normalized spacial score (nSPS) is 13.1. The lowest BCUT2D eigenvalue weighted by molar-refractivity contribution is -0.163. The van der Waals surface area contributed by atoms with Crippen molar-refractivity contribution in [3.8, 4) is 0 Å². The van der Waals surface area contributed by atoms with Crippen LogP contribution in [-0.2, 0) is 63.9 Å². The highest BCUT2D eigenvalue weighted by atomic mass is 16.6.